The van der Waals surface area contributed by atoms with Gasteiger partial charge in [-0.3, -0.25) is 4.79 Å². The van der Waals surface area contributed by atoms with Gasteiger partial charge < -0.3 is 14.4 Å². The van der Waals surface area contributed by atoms with Gasteiger partial charge in [0.15, 0.2) is 5.65 Å². The average molecular weight is 357 g/mol. The van der Waals surface area contributed by atoms with Gasteiger partial charge in [0.25, 0.3) is 0 Å². The van der Waals surface area contributed by atoms with Crippen LogP contribution in [0.2, 0.25) is 5.02 Å². The zero-order chi connectivity index (χ0) is 17.4. The number of nitrogens with zero attached hydrogens (tertiary/aromatic N) is 6. The molecule has 3 aromatic rings. The number of piperazine rings is 1. The Bertz CT molecular complexity index is 932. The summed E-state index contributed by atoms with van der Waals surface area (Å²) in [6, 6.07) is 5.76. The summed E-state index contributed by atoms with van der Waals surface area (Å²) < 4.78 is 1.94. The van der Waals surface area contributed by atoms with E-state index in [1.165, 1.54) is 0 Å². The topological polar surface area (TPSA) is 67.2 Å². The molecule has 0 radical (unpaired) electrons. The standard InChI is InChI=1S/C17H17ClN6O/c1-22-16(21-14-3-2-4-19-17(14)22)12-9-15(20-10-13(12)18)24-7-5-23(11-25)6-8-24/h2-4,9-11H,5-8H2,1H3. The average Bonchev–Trinajstić information content (AvgIpc) is 2.99. The molecule has 4 rings (SSSR count). The van der Waals surface area contributed by atoms with Crippen LogP contribution in [0.3, 0.4) is 0 Å². The fourth-order valence-electron chi connectivity index (χ4n) is 3.09. The van der Waals surface area contributed by atoms with E-state index in [1.54, 1.807) is 17.3 Å². The summed E-state index contributed by atoms with van der Waals surface area (Å²) in [5.74, 6) is 1.60. The highest BCUT2D eigenvalue weighted by Crippen LogP contribution is 2.31. The molecule has 8 heteroatoms. The van der Waals surface area contributed by atoms with Crippen LogP contribution in [0.15, 0.2) is 30.6 Å². The number of pyridine rings is 2. The first-order chi connectivity index (χ1) is 12.2. The van der Waals surface area contributed by atoms with E-state index >= 15 is 0 Å². The summed E-state index contributed by atoms with van der Waals surface area (Å²) in [6.45, 7) is 2.88. The van der Waals surface area contributed by atoms with Crippen molar-refractivity contribution in [2.24, 2.45) is 7.05 Å². The van der Waals surface area contributed by atoms with E-state index in [4.69, 9.17) is 11.6 Å². The van der Waals surface area contributed by atoms with Crippen molar-refractivity contribution in [3.63, 3.8) is 0 Å². The molecule has 0 aromatic carbocycles. The molecule has 0 aliphatic carbocycles. The van der Waals surface area contributed by atoms with Crippen LogP contribution in [0.25, 0.3) is 22.6 Å². The van der Waals surface area contributed by atoms with Gasteiger partial charge in [0.2, 0.25) is 6.41 Å². The predicted molar refractivity (Wildman–Crippen MR) is 96.6 cm³/mol. The first-order valence-corrected chi connectivity index (χ1v) is 8.43. The van der Waals surface area contributed by atoms with Gasteiger partial charge in [-0.1, -0.05) is 11.6 Å². The van der Waals surface area contributed by atoms with Crippen LogP contribution < -0.4 is 4.90 Å². The van der Waals surface area contributed by atoms with Crippen LogP contribution >= 0.6 is 11.6 Å². The normalized spacial score (nSPS) is 15.0. The number of aryl methyl sites for hydroxylation is 1. The lowest BCUT2D eigenvalue weighted by molar-refractivity contribution is -0.118. The summed E-state index contributed by atoms with van der Waals surface area (Å²) in [4.78, 5) is 28.3. The van der Waals surface area contributed by atoms with Gasteiger partial charge in [-0.05, 0) is 18.2 Å². The number of rotatable bonds is 3. The van der Waals surface area contributed by atoms with E-state index in [-0.39, 0.29) is 0 Å². The third kappa shape index (κ3) is 2.80. The van der Waals surface area contributed by atoms with Crippen molar-refractivity contribution in [1.82, 2.24) is 24.4 Å². The second kappa shape index (κ2) is 6.33. The molecule has 1 amide bonds. The zero-order valence-corrected chi connectivity index (χ0v) is 14.5. The maximum Gasteiger partial charge on any atom is 0.209 e. The number of carbonyl (C=O) groups excluding carboxylic acids is 1. The largest absolute Gasteiger partial charge is 0.353 e. The Morgan fingerprint density at radius 1 is 1.20 bits per heavy atom. The molecule has 0 unspecified atom stereocenters. The van der Waals surface area contributed by atoms with Gasteiger partial charge in [-0.15, -0.1) is 0 Å². The van der Waals surface area contributed by atoms with Crippen LogP contribution in [-0.4, -0.2) is 57.0 Å². The zero-order valence-electron chi connectivity index (χ0n) is 13.8. The highest BCUT2D eigenvalue weighted by molar-refractivity contribution is 6.33. The van der Waals surface area contributed by atoms with E-state index in [1.807, 2.05) is 29.8 Å². The lowest BCUT2D eigenvalue weighted by atomic mass is 10.2. The summed E-state index contributed by atoms with van der Waals surface area (Å²) >= 11 is 6.41. The molecule has 0 spiro atoms. The van der Waals surface area contributed by atoms with Crippen molar-refractivity contribution < 1.29 is 4.79 Å². The molecule has 0 saturated carbocycles. The molecule has 0 N–H and O–H groups in total. The van der Waals surface area contributed by atoms with Crippen molar-refractivity contribution in [2.45, 2.75) is 0 Å². The van der Waals surface area contributed by atoms with E-state index in [0.717, 1.165) is 47.9 Å². The molecule has 4 heterocycles. The molecule has 0 bridgehead atoms. The minimum Gasteiger partial charge on any atom is -0.353 e. The number of aromatic nitrogens is 4. The van der Waals surface area contributed by atoms with Gasteiger partial charge >= 0.3 is 0 Å². The summed E-state index contributed by atoms with van der Waals surface area (Å²) in [6.07, 6.45) is 4.30. The first-order valence-electron chi connectivity index (χ1n) is 8.05. The maximum atomic E-state index is 10.9. The number of imidazole rings is 1. The van der Waals surface area contributed by atoms with Crippen molar-refractivity contribution in [3.05, 3.63) is 35.6 Å². The number of amides is 1. The highest BCUT2D eigenvalue weighted by atomic mass is 35.5. The molecular weight excluding hydrogens is 340 g/mol. The van der Waals surface area contributed by atoms with Crippen LogP contribution in [0, 0.1) is 0 Å². The number of hydrogen-bond donors (Lipinski definition) is 0. The first kappa shape index (κ1) is 15.8. The smallest absolute Gasteiger partial charge is 0.209 e. The molecule has 1 aliphatic rings. The molecular formula is C17H17ClN6O. The number of carbonyl (C=O) groups is 1. The summed E-state index contributed by atoms with van der Waals surface area (Å²) in [5.41, 5.74) is 2.46. The number of anilines is 1. The SMILES string of the molecule is Cn1c(-c2cc(N3CCN(C=O)CC3)ncc2Cl)nc2cccnc21. The summed E-state index contributed by atoms with van der Waals surface area (Å²) in [5, 5.41) is 0.550. The Hall–Kier alpha value is -2.67. The van der Waals surface area contributed by atoms with Gasteiger partial charge in [0.1, 0.15) is 17.2 Å². The van der Waals surface area contributed by atoms with E-state index < -0.39 is 0 Å². The van der Waals surface area contributed by atoms with E-state index in [0.29, 0.717) is 18.1 Å². The molecule has 25 heavy (non-hydrogen) atoms. The van der Waals surface area contributed by atoms with Crippen LogP contribution in [0.1, 0.15) is 0 Å². The molecule has 3 aromatic heterocycles. The monoisotopic (exact) mass is 356 g/mol. The third-order valence-electron chi connectivity index (χ3n) is 4.50. The Kier molecular flexibility index (Phi) is 4.01. The Labute approximate surface area is 149 Å². The maximum absolute atomic E-state index is 10.9. The van der Waals surface area contributed by atoms with Crippen molar-refractivity contribution in [1.29, 1.82) is 0 Å². The van der Waals surface area contributed by atoms with Gasteiger partial charge in [0, 0.05) is 51.2 Å². The second-order valence-corrected chi connectivity index (χ2v) is 6.40. The second-order valence-electron chi connectivity index (χ2n) is 5.99. The molecule has 0 atom stereocenters. The lowest BCUT2D eigenvalue weighted by Gasteiger charge is -2.33. The van der Waals surface area contributed by atoms with E-state index in [2.05, 4.69) is 19.9 Å². The fourth-order valence-corrected chi connectivity index (χ4v) is 3.28. The highest BCUT2D eigenvalue weighted by Gasteiger charge is 2.20. The van der Waals surface area contributed by atoms with E-state index in [9.17, 15) is 4.79 Å². The van der Waals surface area contributed by atoms with Crippen LogP contribution in [0.5, 0.6) is 0 Å². The molecule has 128 valence electrons. The Morgan fingerprint density at radius 3 is 2.72 bits per heavy atom. The lowest BCUT2D eigenvalue weighted by Crippen LogP contribution is -2.46. The minimum absolute atomic E-state index is 0.550. The number of hydrogen-bond acceptors (Lipinski definition) is 5. The fraction of sp³-hybridized carbons (Fsp3) is 0.294. The van der Waals surface area contributed by atoms with Gasteiger partial charge in [-0.25, -0.2) is 15.0 Å². The van der Waals surface area contributed by atoms with Gasteiger partial charge in [0.05, 0.1) is 5.02 Å². The van der Waals surface area contributed by atoms with Crippen molar-refractivity contribution in [2.75, 3.05) is 31.1 Å². The molecule has 1 saturated heterocycles. The number of fused-ring (bicyclic) bond motifs is 1. The predicted octanol–water partition coefficient (Wildman–Crippen LogP) is 1.96. The Morgan fingerprint density at radius 2 is 2.00 bits per heavy atom. The molecule has 7 nitrogen and oxygen atoms in total. The number of halogens is 1. The molecule has 1 fully saturated rings. The van der Waals surface area contributed by atoms with Gasteiger partial charge in [-0.2, -0.15) is 0 Å². The quantitative estimate of drug-likeness (QED) is 0.671. The summed E-state index contributed by atoms with van der Waals surface area (Å²) in [7, 11) is 1.93. The van der Waals surface area contributed by atoms with Crippen molar-refractivity contribution >= 4 is 35.0 Å². The minimum atomic E-state index is 0.550. The molecule has 1 aliphatic heterocycles. The van der Waals surface area contributed by atoms with Crippen LogP contribution in [0.4, 0.5) is 5.82 Å². The van der Waals surface area contributed by atoms with Crippen molar-refractivity contribution in [3.8, 4) is 11.4 Å². The third-order valence-corrected chi connectivity index (χ3v) is 4.80. The van der Waals surface area contributed by atoms with Crippen LogP contribution in [-0.2, 0) is 11.8 Å². The Balaban J connectivity index is 1.72.